The highest BCUT2D eigenvalue weighted by atomic mass is 127. The van der Waals surface area contributed by atoms with Crippen LogP contribution in [0.25, 0.3) is 0 Å². The summed E-state index contributed by atoms with van der Waals surface area (Å²) < 4.78 is 5.68. The summed E-state index contributed by atoms with van der Waals surface area (Å²) in [4.78, 5) is 6.81. The average Bonchev–Trinajstić information content (AvgIpc) is 3.13. The summed E-state index contributed by atoms with van der Waals surface area (Å²) in [6.45, 7) is 6.29. The number of rotatable bonds is 8. The number of ether oxygens (including phenoxy) is 1. The molecule has 1 N–H and O–H groups in total. The zero-order valence-corrected chi connectivity index (χ0v) is 16.0. The molecule has 2 rings (SSSR count). The van der Waals surface area contributed by atoms with Crippen molar-refractivity contribution in [3.8, 4) is 0 Å². The smallest absolute Gasteiger partial charge is 0.194 e. The SMILES string of the molecule is CCNC(=NCc1ccsc1)N(C)CCOCC1CC1.I. The van der Waals surface area contributed by atoms with E-state index in [2.05, 4.69) is 46.0 Å². The largest absolute Gasteiger partial charge is 0.379 e. The number of hydrogen-bond acceptors (Lipinski definition) is 3. The number of thiophene rings is 1. The minimum absolute atomic E-state index is 0. The van der Waals surface area contributed by atoms with Crippen LogP contribution in [0.1, 0.15) is 25.3 Å². The van der Waals surface area contributed by atoms with Crippen molar-refractivity contribution in [1.82, 2.24) is 10.2 Å². The van der Waals surface area contributed by atoms with Crippen LogP contribution >= 0.6 is 35.3 Å². The Kier molecular flexibility index (Phi) is 9.26. The lowest BCUT2D eigenvalue weighted by Crippen LogP contribution is -2.40. The number of likely N-dealkylation sites (N-methyl/N-ethyl adjacent to an activating group) is 1. The molecule has 1 aliphatic rings. The maximum absolute atomic E-state index is 5.68. The van der Waals surface area contributed by atoms with Gasteiger partial charge in [-0.05, 0) is 48.1 Å². The first-order valence-electron chi connectivity index (χ1n) is 7.38. The third kappa shape index (κ3) is 7.46. The molecule has 0 saturated heterocycles. The van der Waals surface area contributed by atoms with E-state index in [0.29, 0.717) is 0 Å². The molecule has 21 heavy (non-hydrogen) atoms. The third-order valence-electron chi connectivity index (χ3n) is 3.31. The number of halogens is 1. The van der Waals surface area contributed by atoms with Gasteiger partial charge in [0.15, 0.2) is 5.96 Å². The average molecular weight is 423 g/mol. The van der Waals surface area contributed by atoms with Gasteiger partial charge in [-0.2, -0.15) is 11.3 Å². The summed E-state index contributed by atoms with van der Waals surface area (Å²) >= 11 is 1.72. The standard InChI is InChI=1S/C15H25N3OS.HI/c1-3-16-15(17-10-14-6-9-20-12-14)18(2)7-8-19-11-13-4-5-13;/h6,9,12-13H,3-5,7-8,10-11H2,1-2H3,(H,16,17);1H. The lowest BCUT2D eigenvalue weighted by atomic mass is 10.3. The van der Waals surface area contributed by atoms with Crippen LogP contribution < -0.4 is 5.32 Å². The Morgan fingerprint density at radius 1 is 1.52 bits per heavy atom. The topological polar surface area (TPSA) is 36.9 Å². The molecule has 1 aromatic heterocycles. The molecule has 1 heterocycles. The van der Waals surface area contributed by atoms with Crippen molar-refractivity contribution in [2.75, 3.05) is 33.4 Å². The van der Waals surface area contributed by atoms with Crippen molar-refractivity contribution in [3.05, 3.63) is 22.4 Å². The number of hydrogen-bond donors (Lipinski definition) is 1. The zero-order chi connectivity index (χ0) is 14.2. The first kappa shape index (κ1) is 18.7. The first-order chi connectivity index (χ1) is 9.79. The fourth-order valence-corrected chi connectivity index (χ4v) is 2.52. The Hall–Kier alpha value is -0.340. The van der Waals surface area contributed by atoms with E-state index < -0.39 is 0 Å². The van der Waals surface area contributed by atoms with E-state index in [0.717, 1.165) is 44.7 Å². The molecule has 0 aliphatic heterocycles. The van der Waals surface area contributed by atoms with Gasteiger partial charge in [0, 0.05) is 26.7 Å². The Balaban J connectivity index is 0.00000220. The Bertz CT molecular complexity index is 407. The molecule has 0 spiro atoms. The fraction of sp³-hybridized carbons (Fsp3) is 0.667. The van der Waals surface area contributed by atoms with Gasteiger partial charge in [-0.1, -0.05) is 0 Å². The van der Waals surface area contributed by atoms with Gasteiger partial charge < -0.3 is 15.0 Å². The maximum atomic E-state index is 5.68. The Morgan fingerprint density at radius 3 is 2.95 bits per heavy atom. The van der Waals surface area contributed by atoms with Crippen molar-refractivity contribution in [2.24, 2.45) is 10.9 Å². The van der Waals surface area contributed by atoms with Crippen molar-refractivity contribution >= 4 is 41.3 Å². The van der Waals surface area contributed by atoms with Gasteiger partial charge in [-0.3, -0.25) is 0 Å². The zero-order valence-electron chi connectivity index (χ0n) is 12.9. The maximum Gasteiger partial charge on any atom is 0.194 e. The summed E-state index contributed by atoms with van der Waals surface area (Å²) in [5, 5.41) is 7.57. The fourth-order valence-electron chi connectivity index (χ4n) is 1.86. The van der Waals surface area contributed by atoms with Gasteiger partial charge >= 0.3 is 0 Å². The Labute approximate surface area is 149 Å². The van der Waals surface area contributed by atoms with E-state index in [4.69, 9.17) is 4.74 Å². The number of nitrogens with one attached hydrogen (secondary N) is 1. The van der Waals surface area contributed by atoms with E-state index in [1.54, 1.807) is 11.3 Å². The quantitative estimate of drug-likeness (QED) is 0.302. The molecule has 6 heteroatoms. The summed E-state index contributed by atoms with van der Waals surface area (Å²) in [5.41, 5.74) is 1.27. The van der Waals surface area contributed by atoms with Crippen molar-refractivity contribution in [1.29, 1.82) is 0 Å². The molecule has 0 aromatic carbocycles. The van der Waals surface area contributed by atoms with Crippen molar-refractivity contribution in [2.45, 2.75) is 26.3 Å². The molecule has 0 amide bonds. The van der Waals surface area contributed by atoms with Gasteiger partial charge in [0.05, 0.1) is 13.2 Å². The molecule has 1 saturated carbocycles. The van der Waals surface area contributed by atoms with Gasteiger partial charge in [0.25, 0.3) is 0 Å². The summed E-state index contributed by atoms with van der Waals surface area (Å²) in [5.74, 6) is 1.79. The van der Waals surface area contributed by atoms with E-state index in [9.17, 15) is 0 Å². The molecule has 0 radical (unpaired) electrons. The van der Waals surface area contributed by atoms with Crippen LogP contribution in [0.15, 0.2) is 21.8 Å². The van der Waals surface area contributed by atoms with Crippen LogP contribution in [0.5, 0.6) is 0 Å². The van der Waals surface area contributed by atoms with E-state index in [-0.39, 0.29) is 24.0 Å². The number of aliphatic imine (C=N–C) groups is 1. The molecule has 120 valence electrons. The van der Waals surface area contributed by atoms with Gasteiger partial charge in [0.2, 0.25) is 0 Å². The highest BCUT2D eigenvalue weighted by Gasteiger charge is 2.21. The lowest BCUT2D eigenvalue weighted by molar-refractivity contribution is 0.115. The molecule has 0 bridgehead atoms. The van der Waals surface area contributed by atoms with E-state index in [1.807, 2.05) is 0 Å². The van der Waals surface area contributed by atoms with Crippen LogP contribution in [-0.2, 0) is 11.3 Å². The van der Waals surface area contributed by atoms with E-state index >= 15 is 0 Å². The van der Waals surface area contributed by atoms with Crippen LogP contribution in [0.3, 0.4) is 0 Å². The van der Waals surface area contributed by atoms with E-state index in [1.165, 1.54) is 18.4 Å². The molecule has 0 unspecified atom stereocenters. The van der Waals surface area contributed by atoms with Crippen molar-refractivity contribution < 1.29 is 4.74 Å². The second-order valence-electron chi connectivity index (χ2n) is 5.24. The normalized spacial score (nSPS) is 14.7. The molecule has 1 aromatic rings. The Morgan fingerprint density at radius 2 is 2.33 bits per heavy atom. The predicted octanol–water partition coefficient (Wildman–Crippen LogP) is 3.19. The molecular weight excluding hydrogens is 397 g/mol. The highest BCUT2D eigenvalue weighted by molar-refractivity contribution is 14.0. The summed E-state index contributed by atoms with van der Waals surface area (Å²) in [6.07, 6.45) is 2.70. The van der Waals surface area contributed by atoms with Gasteiger partial charge in [0.1, 0.15) is 0 Å². The first-order valence-corrected chi connectivity index (χ1v) is 8.32. The van der Waals surface area contributed by atoms with Crippen molar-refractivity contribution in [3.63, 3.8) is 0 Å². The van der Waals surface area contributed by atoms with Crippen LogP contribution in [-0.4, -0.2) is 44.2 Å². The molecule has 1 fully saturated rings. The van der Waals surface area contributed by atoms with Gasteiger partial charge in [-0.15, -0.1) is 24.0 Å². The summed E-state index contributed by atoms with van der Waals surface area (Å²) in [7, 11) is 2.07. The van der Waals surface area contributed by atoms with Crippen LogP contribution in [0, 0.1) is 5.92 Å². The number of nitrogens with zero attached hydrogens (tertiary/aromatic N) is 2. The highest BCUT2D eigenvalue weighted by Crippen LogP contribution is 2.28. The second kappa shape index (κ2) is 10.4. The lowest BCUT2D eigenvalue weighted by Gasteiger charge is -2.22. The predicted molar refractivity (Wildman–Crippen MR) is 101 cm³/mol. The minimum Gasteiger partial charge on any atom is -0.379 e. The molecular formula is C15H26IN3OS. The van der Waals surface area contributed by atoms with Gasteiger partial charge in [-0.25, -0.2) is 4.99 Å². The molecule has 4 nitrogen and oxygen atoms in total. The summed E-state index contributed by atoms with van der Waals surface area (Å²) in [6, 6.07) is 2.12. The monoisotopic (exact) mass is 423 g/mol. The van der Waals surface area contributed by atoms with Crippen LogP contribution in [0.4, 0.5) is 0 Å². The third-order valence-corrected chi connectivity index (χ3v) is 4.04. The van der Waals surface area contributed by atoms with Crippen LogP contribution in [0.2, 0.25) is 0 Å². The molecule has 1 aliphatic carbocycles. The minimum atomic E-state index is 0. The number of guanidine groups is 1. The molecule has 0 atom stereocenters. The second-order valence-corrected chi connectivity index (χ2v) is 6.02.